The Morgan fingerprint density at radius 3 is 2.62 bits per heavy atom. The number of alkyl halides is 2. The van der Waals surface area contributed by atoms with Gasteiger partial charge in [0.25, 0.3) is 6.43 Å². The van der Waals surface area contributed by atoms with Gasteiger partial charge in [-0.25, -0.2) is 18.4 Å². The molecule has 29 heavy (non-hydrogen) atoms. The molecule has 2 aromatic carbocycles. The molecule has 2 heterocycles. The zero-order valence-corrected chi connectivity index (χ0v) is 16.6. The lowest BCUT2D eigenvalue weighted by molar-refractivity contribution is 0.153. The number of hydrogen-bond donors (Lipinski definition) is 0. The molecule has 0 radical (unpaired) electrons. The molecule has 0 bridgehead atoms. The van der Waals surface area contributed by atoms with E-state index in [1.807, 2.05) is 24.3 Å². The van der Waals surface area contributed by atoms with Gasteiger partial charge >= 0.3 is 0 Å². The predicted molar refractivity (Wildman–Crippen MR) is 110 cm³/mol. The molecule has 0 saturated carbocycles. The molecule has 0 amide bonds. The molecule has 148 valence electrons. The van der Waals surface area contributed by atoms with Gasteiger partial charge in [-0.1, -0.05) is 41.9 Å². The number of nitrogens with zero attached hydrogens (tertiary/aromatic N) is 3. The second-order valence-electron chi connectivity index (χ2n) is 6.66. The molecular formula is C22H18ClF2N3O. The summed E-state index contributed by atoms with van der Waals surface area (Å²) in [6.45, 7) is 2.05. The number of fused-ring (bicyclic) bond motifs is 1. The van der Waals surface area contributed by atoms with Crippen molar-refractivity contribution in [3.63, 3.8) is 0 Å². The molecule has 0 fully saturated rings. The van der Waals surface area contributed by atoms with E-state index in [1.165, 1.54) is 6.07 Å². The van der Waals surface area contributed by atoms with E-state index in [-0.39, 0.29) is 5.56 Å². The van der Waals surface area contributed by atoms with Crippen LogP contribution in [0.4, 0.5) is 8.78 Å². The van der Waals surface area contributed by atoms with E-state index in [1.54, 1.807) is 43.0 Å². The molecule has 4 aromatic rings. The smallest absolute Gasteiger partial charge is 0.264 e. The average Bonchev–Trinajstić information content (AvgIpc) is 3.04. The summed E-state index contributed by atoms with van der Waals surface area (Å²) in [6, 6.07) is 16.0. The van der Waals surface area contributed by atoms with E-state index in [9.17, 15) is 8.78 Å². The summed E-state index contributed by atoms with van der Waals surface area (Å²) in [5.41, 5.74) is 2.79. The number of halogens is 3. The van der Waals surface area contributed by atoms with Crippen molar-refractivity contribution < 1.29 is 13.5 Å². The summed E-state index contributed by atoms with van der Waals surface area (Å²) in [6.07, 6.45) is -2.65. The number of methoxy groups -OCH3 is 1. The van der Waals surface area contributed by atoms with E-state index >= 15 is 0 Å². The van der Waals surface area contributed by atoms with Crippen LogP contribution in [0.3, 0.4) is 0 Å². The first-order valence-corrected chi connectivity index (χ1v) is 9.39. The highest BCUT2D eigenvalue weighted by Crippen LogP contribution is 2.34. The summed E-state index contributed by atoms with van der Waals surface area (Å²) in [5.74, 6) is 0.628. The van der Waals surface area contributed by atoms with E-state index in [0.29, 0.717) is 45.3 Å². The Labute approximate surface area is 171 Å². The molecule has 0 atom stereocenters. The van der Waals surface area contributed by atoms with Crippen LogP contribution in [-0.4, -0.2) is 21.9 Å². The molecule has 0 aliphatic rings. The van der Waals surface area contributed by atoms with Crippen LogP contribution in [-0.2, 0) is 6.54 Å². The second-order valence-corrected chi connectivity index (χ2v) is 7.07. The maximum absolute atomic E-state index is 13.9. The van der Waals surface area contributed by atoms with Crippen LogP contribution in [0.2, 0.25) is 5.02 Å². The minimum absolute atomic E-state index is 0.0873. The van der Waals surface area contributed by atoms with Gasteiger partial charge in [0.2, 0.25) is 0 Å². The maximum Gasteiger partial charge on any atom is 0.264 e. The normalized spacial score (nSPS) is 11.4. The van der Waals surface area contributed by atoms with Gasteiger partial charge in [0.15, 0.2) is 5.65 Å². The van der Waals surface area contributed by atoms with Gasteiger partial charge in [0, 0.05) is 16.1 Å². The molecule has 0 aliphatic heterocycles. The van der Waals surface area contributed by atoms with Crippen molar-refractivity contribution in [2.45, 2.75) is 19.9 Å². The number of aryl methyl sites for hydroxylation is 1. The van der Waals surface area contributed by atoms with Crippen molar-refractivity contribution in [1.29, 1.82) is 0 Å². The second kappa shape index (κ2) is 7.79. The lowest BCUT2D eigenvalue weighted by atomic mass is 10.1. The molecule has 4 nitrogen and oxygen atoms in total. The Hall–Kier alpha value is -2.99. The minimum Gasteiger partial charge on any atom is -0.497 e. The van der Waals surface area contributed by atoms with E-state index in [4.69, 9.17) is 16.3 Å². The minimum atomic E-state index is -2.65. The fourth-order valence-electron chi connectivity index (χ4n) is 3.39. The largest absolute Gasteiger partial charge is 0.497 e. The van der Waals surface area contributed by atoms with Gasteiger partial charge in [0.05, 0.1) is 30.4 Å². The Morgan fingerprint density at radius 1 is 1.10 bits per heavy atom. The van der Waals surface area contributed by atoms with E-state index in [2.05, 4.69) is 10.1 Å². The molecular weight excluding hydrogens is 396 g/mol. The van der Waals surface area contributed by atoms with Crippen LogP contribution in [0, 0.1) is 6.92 Å². The van der Waals surface area contributed by atoms with E-state index in [0.717, 1.165) is 5.56 Å². The van der Waals surface area contributed by atoms with Gasteiger partial charge < -0.3 is 4.74 Å². The Kier molecular flexibility index (Phi) is 5.20. The molecule has 4 rings (SSSR count). The van der Waals surface area contributed by atoms with Crippen LogP contribution < -0.4 is 4.74 Å². The number of pyridine rings is 1. The van der Waals surface area contributed by atoms with Crippen LogP contribution in [0.5, 0.6) is 5.75 Å². The van der Waals surface area contributed by atoms with Crippen molar-refractivity contribution in [2.24, 2.45) is 0 Å². The topological polar surface area (TPSA) is 39.9 Å². The summed E-state index contributed by atoms with van der Waals surface area (Å²) in [7, 11) is 1.56. The zero-order chi connectivity index (χ0) is 20.5. The molecule has 0 N–H and O–H groups in total. The molecule has 0 aliphatic carbocycles. The summed E-state index contributed by atoms with van der Waals surface area (Å²) >= 11 is 6.28. The average molecular weight is 414 g/mol. The van der Waals surface area contributed by atoms with Crippen LogP contribution in [0.1, 0.15) is 23.2 Å². The summed E-state index contributed by atoms with van der Waals surface area (Å²) in [5, 5.41) is 5.44. The first kappa shape index (κ1) is 19.3. The number of benzene rings is 2. The fourth-order valence-corrected chi connectivity index (χ4v) is 3.58. The van der Waals surface area contributed by atoms with Gasteiger partial charge in [-0.2, -0.15) is 5.10 Å². The lowest BCUT2D eigenvalue weighted by Crippen LogP contribution is -2.04. The number of ether oxygens (including phenoxy) is 1. The van der Waals surface area contributed by atoms with Crippen molar-refractivity contribution in [2.75, 3.05) is 7.11 Å². The van der Waals surface area contributed by atoms with Crippen LogP contribution >= 0.6 is 11.6 Å². The van der Waals surface area contributed by atoms with Crippen LogP contribution in [0.15, 0.2) is 54.6 Å². The Morgan fingerprint density at radius 2 is 1.90 bits per heavy atom. The van der Waals surface area contributed by atoms with Crippen molar-refractivity contribution in [1.82, 2.24) is 14.8 Å². The fraction of sp³-hybridized carbons (Fsp3) is 0.182. The van der Waals surface area contributed by atoms with Crippen molar-refractivity contribution >= 4 is 22.6 Å². The highest BCUT2D eigenvalue weighted by Gasteiger charge is 2.21. The Bertz CT molecular complexity index is 1190. The number of rotatable bonds is 5. The van der Waals surface area contributed by atoms with Gasteiger partial charge in [-0.3, -0.25) is 0 Å². The number of aromatic nitrogens is 3. The summed E-state index contributed by atoms with van der Waals surface area (Å²) < 4.78 is 34.7. The molecule has 0 unspecified atom stereocenters. The van der Waals surface area contributed by atoms with Gasteiger partial charge in [-0.15, -0.1) is 0 Å². The molecule has 0 spiro atoms. The maximum atomic E-state index is 13.9. The standard InChI is InChI=1S/C22H18ClF2N3O/c1-13-20-17(21(24)25)11-19(14-7-5-8-16(10-14)29-2)26-22(20)28(27-13)12-15-6-3-4-9-18(15)23/h3-11,21H,12H2,1-2H3. The highest BCUT2D eigenvalue weighted by atomic mass is 35.5. The third kappa shape index (κ3) is 3.68. The monoisotopic (exact) mass is 413 g/mol. The quantitative estimate of drug-likeness (QED) is 0.399. The van der Waals surface area contributed by atoms with Crippen LogP contribution in [0.25, 0.3) is 22.3 Å². The molecule has 0 saturated heterocycles. The number of hydrogen-bond acceptors (Lipinski definition) is 3. The first-order chi connectivity index (χ1) is 14.0. The van der Waals surface area contributed by atoms with E-state index < -0.39 is 6.43 Å². The lowest BCUT2D eigenvalue weighted by Gasteiger charge is -2.10. The highest BCUT2D eigenvalue weighted by molar-refractivity contribution is 6.31. The third-order valence-electron chi connectivity index (χ3n) is 4.79. The molecule has 2 aromatic heterocycles. The SMILES string of the molecule is COc1cccc(-c2cc(C(F)F)c3c(C)nn(Cc4ccccc4Cl)c3n2)c1. The Balaban J connectivity index is 1.92. The first-order valence-electron chi connectivity index (χ1n) is 9.02. The summed E-state index contributed by atoms with van der Waals surface area (Å²) in [4.78, 5) is 4.68. The van der Waals surface area contributed by atoms with Gasteiger partial charge in [0.1, 0.15) is 5.75 Å². The molecule has 7 heteroatoms. The zero-order valence-electron chi connectivity index (χ0n) is 15.9. The van der Waals surface area contributed by atoms with Gasteiger partial charge in [-0.05, 0) is 36.8 Å². The third-order valence-corrected chi connectivity index (χ3v) is 5.16. The predicted octanol–water partition coefficient (Wildman–Crippen LogP) is 6.05. The van der Waals surface area contributed by atoms with Crippen molar-refractivity contribution in [3.8, 4) is 17.0 Å². The van der Waals surface area contributed by atoms with Crippen molar-refractivity contribution in [3.05, 3.63) is 76.4 Å².